The lowest BCUT2D eigenvalue weighted by Gasteiger charge is -2.37. The molecular formula is C14H22Cl2FN3O2. The molecule has 2 rings (SSSR count). The Labute approximate surface area is 142 Å². The van der Waals surface area contributed by atoms with E-state index in [2.05, 4.69) is 0 Å². The summed E-state index contributed by atoms with van der Waals surface area (Å²) in [5.41, 5.74) is 6.08. The number of methoxy groups -OCH3 is 1. The number of carbonyl (C=O) groups is 1. The first kappa shape index (κ1) is 20.9. The lowest BCUT2D eigenvalue weighted by atomic mass is 10.2. The van der Waals surface area contributed by atoms with Gasteiger partial charge in [0.25, 0.3) is 5.91 Å². The van der Waals surface area contributed by atoms with Gasteiger partial charge >= 0.3 is 0 Å². The Bertz CT molecular complexity index is 467. The third-order valence-electron chi connectivity index (χ3n) is 3.56. The minimum atomic E-state index is -0.588. The summed E-state index contributed by atoms with van der Waals surface area (Å²) in [6.07, 6.45) is -0.588. The monoisotopic (exact) mass is 353 g/mol. The van der Waals surface area contributed by atoms with Crippen LogP contribution >= 0.6 is 24.8 Å². The number of anilines is 1. The molecule has 1 amide bonds. The number of carbonyl (C=O) groups excluding carboxylic acids is 1. The Kier molecular flexibility index (Phi) is 9.36. The van der Waals surface area contributed by atoms with Gasteiger partial charge in [0.05, 0.1) is 5.69 Å². The number of hydrogen-bond donors (Lipinski definition) is 1. The van der Waals surface area contributed by atoms with E-state index >= 15 is 0 Å². The molecule has 126 valence electrons. The highest BCUT2D eigenvalue weighted by atomic mass is 35.5. The number of para-hydroxylation sites is 1. The molecule has 1 unspecified atom stereocenters. The van der Waals surface area contributed by atoms with Gasteiger partial charge in [0.15, 0.2) is 0 Å². The molecule has 1 heterocycles. The van der Waals surface area contributed by atoms with Crippen LogP contribution in [0.2, 0.25) is 0 Å². The minimum Gasteiger partial charge on any atom is -0.370 e. The third-order valence-corrected chi connectivity index (χ3v) is 3.56. The number of benzene rings is 1. The maximum atomic E-state index is 13.7. The average Bonchev–Trinajstić information content (AvgIpc) is 2.49. The van der Waals surface area contributed by atoms with E-state index in [9.17, 15) is 9.18 Å². The van der Waals surface area contributed by atoms with Gasteiger partial charge in [-0.25, -0.2) is 4.39 Å². The van der Waals surface area contributed by atoms with Gasteiger partial charge in [0.2, 0.25) is 0 Å². The molecule has 0 aromatic heterocycles. The van der Waals surface area contributed by atoms with E-state index in [1.807, 2.05) is 11.0 Å². The average molecular weight is 354 g/mol. The molecule has 22 heavy (non-hydrogen) atoms. The Balaban J connectivity index is 0.00000220. The van der Waals surface area contributed by atoms with E-state index < -0.39 is 6.10 Å². The van der Waals surface area contributed by atoms with Crippen molar-refractivity contribution in [1.82, 2.24) is 4.90 Å². The van der Waals surface area contributed by atoms with E-state index in [1.54, 1.807) is 17.0 Å². The van der Waals surface area contributed by atoms with Crippen LogP contribution in [0.15, 0.2) is 24.3 Å². The fourth-order valence-corrected chi connectivity index (χ4v) is 2.38. The fourth-order valence-electron chi connectivity index (χ4n) is 2.38. The van der Waals surface area contributed by atoms with Crippen LogP contribution in [-0.2, 0) is 9.53 Å². The van der Waals surface area contributed by atoms with Crippen LogP contribution in [0.25, 0.3) is 0 Å². The molecule has 0 bridgehead atoms. The number of hydrogen-bond acceptors (Lipinski definition) is 4. The van der Waals surface area contributed by atoms with E-state index in [4.69, 9.17) is 10.5 Å². The maximum absolute atomic E-state index is 13.7. The van der Waals surface area contributed by atoms with Gasteiger partial charge in [-0.15, -0.1) is 24.8 Å². The quantitative estimate of drug-likeness (QED) is 0.885. The Hall–Kier alpha value is -1.08. The predicted molar refractivity (Wildman–Crippen MR) is 89.5 cm³/mol. The zero-order valence-corrected chi connectivity index (χ0v) is 14.0. The second-order valence-electron chi connectivity index (χ2n) is 4.72. The van der Waals surface area contributed by atoms with Crippen LogP contribution in [0.4, 0.5) is 10.1 Å². The molecule has 1 saturated heterocycles. The summed E-state index contributed by atoms with van der Waals surface area (Å²) in [6.45, 7) is 2.48. The molecule has 0 spiro atoms. The van der Waals surface area contributed by atoms with E-state index in [0.717, 1.165) is 0 Å². The number of nitrogens with zero attached hydrogens (tertiary/aromatic N) is 2. The molecule has 1 aliphatic rings. The van der Waals surface area contributed by atoms with Crippen LogP contribution in [0.3, 0.4) is 0 Å². The van der Waals surface area contributed by atoms with Crippen molar-refractivity contribution in [3.8, 4) is 0 Å². The lowest BCUT2D eigenvalue weighted by molar-refractivity contribution is -0.141. The summed E-state index contributed by atoms with van der Waals surface area (Å²) in [6, 6.07) is 6.68. The van der Waals surface area contributed by atoms with Crippen molar-refractivity contribution in [2.75, 3.05) is 44.7 Å². The van der Waals surface area contributed by atoms with Crippen LogP contribution in [0, 0.1) is 5.82 Å². The lowest BCUT2D eigenvalue weighted by Crippen LogP contribution is -2.53. The molecule has 0 radical (unpaired) electrons. The SMILES string of the molecule is COC(CN)C(=O)N1CCN(c2ccccc2F)CC1.Cl.Cl. The fraction of sp³-hybridized carbons (Fsp3) is 0.500. The second-order valence-corrected chi connectivity index (χ2v) is 4.72. The van der Waals surface area contributed by atoms with E-state index in [1.165, 1.54) is 13.2 Å². The highest BCUT2D eigenvalue weighted by Gasteiger charge is 2.27. The molecule has 5 nitrogen and oxygen atoms in total. The first-order valence-electron chi connectivity index (χ1n) is 6.68. The molecule has 1 fully saturated rings. The highest BCUT2D eigenvalue weighted by Crippen LogP contribution is 2.20. The predicted octanol–water partition coefficient (Wildman–Crippen LogP) is 1.29. The van der Waals surface area contributed by atoms with Crippen molar-refractivity contribution in [2.45, 2.75) is 6.10 Å². The van der Waals surface area contributed by atoms with Gasteiger partial charge < -0.3 is 20.3 Å². The molecule has 1 aromatic carbocycles. The van der Waals surface area contributed by atoms with Gasteiger partial charge in [0, 0.05) is 39.8 Å². The summed E-state index contributed by atoms with van der Waals surface area (Å²) >= 11 is 0. The molecule has 1 aromatic rings. The zero-order valence-electron chi connectivity index (χ0n) is 12.4. The van der Waals surface area contributed by atoms with Crippen molar-refractivity contribution >= 4 is 36.4 Å². The number of amides is 1. The minimum absolute atomic E-state index is 0. The summed E-state index contributed by atoms with van der Waals surface area (Å²) in [7, 11) is 1.48. The van der Waals surface area contributed by atoms with Crippen molar-refractivity contribution in [1.29, 1.82) is 0 Å². The number of rotatable bonds is 4. The zero-order chi connectivity index (χ0) is 14.5. The van der Waals surface area contributed by atoms with Crippen LogP contribution in [0.5, 0.6) is 0 Å². The molecule has 0 saturated carbocycles. The highest BCUT2D eigenvalue weighted by molar-refractivity contribution is 5.85. The van der Waals surface area contributed by atoms with Crippen molar-refractivity contribution < 1.29 is 13.9 Å². The van der Waals surface area contributed by atoms with E-state index in [-0.39, 0.29) is 43.1 Å². The number of ether oxygens (including phenoxy) is 1. The number of halogens is 3. The Morgan fingerprint density at radius 3 is 2.36 bits per heavy atom. The second kappa shape index (κ2) is 9.84. The normalized spacial score (nSPS) is 15.6. The summed E-state index contributed by atoms with van der Waals surface area (Å²) in [5.74, 6) is -0.327. The van der Waals surface area contributed by atoms with Crippen molar-refractivity contribution in [3.05, 3.63) is 30.1 Å². The van der Waals surface area contributed by atoms with Gasteiger partial charge in [-0.05, 0) is 12.1 Å². The molecule has 0 aliphatic carbocycles. The van der Waals surface area contributed by atoms with Gasteiger partial charge in [-0.1, -0.05) is 12.1 Å². The molecule has 1 atom stereocenters. The standard InChI is InChI=1S/C14H20FN3O2.2ClH/c1-20-13(10-16)14(19)18-8-6-17(7-9-18)12-5-3-2-4-11(12)15;;/h2-5,13H,6-10,16H2,1H3;2*1H. The number of nitrogens with two attached hydrogens (primary N) is 1. The molecule has 8 heteroatoms. The van der Waals surface area contributed by atoms with Gasteiger partial charge in [-0.2, -0.15) is 0 Å². The van der Waals surface area contributed by atoms with E-state index in [0.29, 0.717) is 31.9 Å². The largest absolute Gasteiger partial charge is 0.370 e. The first-order chi connectivity index (χ1) is 9.67. The maximum Gasteiger partial charge on any atom is 0.253 e. The molecule has 2 N–H and O–H groups in total. The Morgan fingerprint density at radius 2 is 1.86 bits per heavy atom. The van der Waals surface area contributed by atoms with Crippen LogP contribution in [-0.4, -0.2) is 56.7 Å². The van der Waals surface area contributed by atoms with Crippen LogP contribution < -0.4 is 10.6 Å². The summed E-state index contributed by atoms with van der Waals surface area (Å²) in [5, 5.41) is 0. The smallest absolute Gasteiger partial charge is 0.253 e. The van der Waals surface area contributed by atoms with Gasteiger partial charge in [-0.3, -0.25) is 4.79 Å². The topological polar surface area (TPSA) is 58.8 Å². The molecular weight excluding hydrogens is 332 g/mol. The number of piperazine rings is 1. The molecule has 1 aliphatic heterocycles. The first-order valence-corrected chi connectivity index (χ1v) is 6.68. The van der Waals surface area contributed by atoms with Gasteiger partial charge in [0.1, 0.15) is 11.9 Å². The summed E-state index contributed by atoms with van der Waals surface area (Å²) < 4.78 is 18.8. The van der Waals surface area contributed by atoms with Crippen molar-refractivity contribution in [3.63, 3.8) is 0 Å². The van der Waals surface area contributed by atoms with Crippen molar-refractivity contribution in [2.24, 2.45) is 5.73 Å². The summed E-state index contributed by atoms with van der Waals surface area (Å²) in [4.78, 5) is 15.8. The van der Waals surface area contributed by atoms with Crippen LogP contribution in [0.1, 0.15) is 0 Å². The Morgan fingerprint density at radius 1 is 1.27 bits per heavy atom. The third kappa shape index (κ3) is 4.71.